The molecule has 2 rings (SSSR count). The Bertz CT molecular complexity index is 789. The predicted octanol–water partition coefficient (Wildman–Crippen LogP) is -0.589. The molecule has 23 heavy (non-hydrogen) atoms. The standard InChI is InChI=1S/C14H22N2O5S2/c1-10-3-4-14(11(2)7-10)23(20,21)16(6-5-15)12-8-22(18,19)9-13(12)17/h3-4,7,12-13,17H,5-6,8-9,15H2,1-2H3/t12-,13+/m1/s1. The van der Waals surface area contributed by atoms with Crippen molar-refractivity contribution in [3.63, 3.8) is 0 Å². The Morgan fingerprint density at radius 2 is 1.96 bits per heavy atom. The molecule has 0 radical (unpaired) electrons. The fourth-order valence-electron chi connectivity index (χ4n) is 2.89. The zero-order valence-electron chi connectivity index (χ0n) is 13.1. The van der Waals surface area contributed by atoms with Crippen molar-refractivity contribution in [2.75, 3.05) is 24.6 Å². The molecule has 1 fully saturated rings. The highest BCUT2D eigenvalue weighted by atomic mass is 32.2. The van der Waals surface area contributed by atoms with Gasteiger partial charge in [0.25, 0.3) is 0 Å². The van der Waals surface area contributed by atoms with Crippen molar-refractivity contribution >= 4 is 19.9 Å². The lowest BCUT2D eigenvalue weighted by atomic mass is 10.2. The minimum atomic E-state index is -3.95. The van der Waals surface area contributed by atoms with Crippen molar-refractivity contribution in [2.45, 2.75) is 30.9 Å². The number of hydrogen-bond acceptors (Lipinski definition) is 6. The van der Waals surface area contributed by atoms with E-state index in [-0.39, 0.29) is 18.0 Å². The lowest BCUT2D eigenvalue weighted by Gasteiger charge is -2.29. The van der Waals surface area contributed by atoms with Gasteiger partial charge < -0.3 is 10.8 Å². The van der Waals surface area contributed by atoms with Gasteiger partial charge in [-0.2, -0.15) is 4.31 Å². The van der Waals surface area contributed by atoms with Crippen LogP contribution in [0.3, 0.4) is 0 Å². The van der Waals surface area contributed by atoms with Crippen LogP contribution in [-0.4, -0.2) is 63.0 Å². The number of hydrogen-bond donors (Lipinski definition) is 2. The van der Waals surface area contributed by atoms with E-state index < -0.39 is 43.5 Å². The molecule has 1 aliphatic heterocycles. The van der Waals surface area contributed by atoms with Gasteiger partial charge in [0.15, 0.2) is 9.84 Å². The summed E-state index contributed by atoms with van der Waals surface area (Å²) in [5.41, 5.74) is 7.01. The monoisotopic (exact) mass is 362 g/mol. The van der Waals surface area contributed by atoms with Crippen LogP contribution in [0, 0.1) is 13.8 Å². The summed E-state index contributed by atoms with van der Waals surface area (Å²) in [7, 11) is -7.41. The van der Waals surface area contributed by atoms with Crippen molar-refractivity contribution in [1.82, 2.24) is 4.31 Å². The highest BCUT2D eigenvalue weighted by molar-refractivity contribution is 7.92. The number of benzene rings is 1. The summed E-state index contributed by atoms with van der Waals surface area (Å²) in [6.45, 7) is 3.52. The Kier molecular flexibility index (Phi) is 5.17. The molecule has 0 saturated carbocycles. The van der Waals surface area contributed by atoms with Gasteiger partial charge in [0, 0.05) is 13.1 Å². The van der Waals surface area contributed by atoms with Crippen LogP contribution in [0.25, 0.3) is 0 Å². The molecule has 0 aliphatic carbocycles. The summed E-state index contributed by atoms with van der Waals surface area (Å²) in [4.78, 5) is 0.105. The second kappa shape index (κ2) is 6.48. The number of aliphatic hydroxyl groups excluding tert-OH is 1. The summed E-state index contributed by atoms with van der Waals surface area (Å²) < 4.78 is 50.4. The topological polar surface area (TPSA) is 118 Å². The average Bonchev–Trinajstić information content (AvgIpc) is 2.68. The molecule has 0 unspecified atom stereocenters. The Morgan fingerprint density at radius 1 is 1.30 bits per heavy atom. The fraction of sp³-hybridized carbons (Fsp3) is 0.571. The maximum atomic E-state index is 13.0. The Morgan fingerprint density at radius 3 is 2.43 bits per heavy atom. The van der Waals surface area contributed by atoms with Crippen molar-refractivity contribution in [3.05, 3.63) is 29.3 Å². The molecule has 1 heterocycles. The van der Waals surface area contributed by atoms with E-state index in [9.17, 15) is 21.9 Å². The molecular formula is C14H22N2O5S2. The van der Waals surface area contributed by atoms with E-state index in [1.807, 2.05) is 6.92 Å². The molecule has 0 aromatic heterocycles. The van der Waals surface area contributed by atoms with Gasteiger partial charge in [0.05, 0.1) is 28.5 Å². The van der Waals surface area contributed by atoms with Crippen LogP contribution in [0.1, 0.15) is 11.1 Å². The number of nitrogens with two attached hydrogens (primary N) is 1. The van der Waals surface area contributed by atoms with Crippen molar-refractivity contribution in [1.29, 1.82) is 0 Å². The third-order valence-corrected chi connectivity index (χ3v) is 7.71. The first-order valence-corrected chi connectivity index (χ1v) is 10.5. The molecule has 130 valence electrons. The summed E-state index contributed by atoms with van der Waals surface area (Å²) in [5.74, 6) is -0.820. The highest BCUT2D eigenvalue weighted by Gasteiger charge is 2.44. The number of sulfonamides is 1. The first-order valence-electron chi connectivity index (χ1n) is 7.26. The van der Waals surface area contributed by atoms with Crippen LogP contribution < -0.4 is 5.73 Å². The van der Waals surface area contributed by atoms with Crippen LogP contribution in [0.5, 0.6) is 0 Å². The molecule has 1 aliphatic rings. The SMILES string of the molecule is Cc1ccc(S(=O)(=O)N(CCN)[C@@H]2CS(=O)(=O)C[C@@H]2O)c(C)c1. The van der Waals surface area contributed by atoms with E-state index in [2.05, 4.69) is 0 Å². The molecular weight excluding hydrogens is 340 g/mol. The third-order valence-electron chi connectivity index (χ3n) is 3.93. The normalized spacial score (nSPS) is 24.2. The van der Waals surface area contributed by atoms with Gasteiger partial charge in [-0.15, -0.1) is 0 Å². The lowest BCUT2D eigenvalue weighted by Crippen LogP contribution is -2.48. The quantitative estimate of drug-likeness (QED) is 0.723. The Hall–Kier alpha value is -1.00. The summed E-state index contributed by atoms with van der Waals surface area (Å²) in [5, 5.41) is 10.0. The summed E-state index contributed by atoms with van der Waals surface area (Å²) in [6, 6.07) is 3.92. The molecule has 0 bridgehead atoms. The fourth-order valence-corrected chi connectivity index (χ4v) is 6.66. The number of aryl methyl sites for hydroxylation is 2. The molecule has 2 atom stereocenters. The number of aliphatic hydroxyl groups is 1. The second-order valence-corrected chi connectivity index (χ2v) is 9.90. The predicted molar refractivity (Wildman–Crippen MR) is 87.3 cm³/mol. The van der Waals surface area contributed by atoms with Gasteiger partial charge in [-0.1, -0.05) is 17.7 Å². The molecule has 0 spiro atoms. The number of nitrogens with zero attached hydrogens (tertiary/aromatic N) is 1. The molecule has 9 heteroatoms. The van der Waals surface area contributed by atoms with E-state index in [0.29, 0.717) is 5.56 Å². The Labute approximate surface area is 137 Å². The first kappa shape index (κ1) is 18.3. The van der Waals surface area contributed by atoms with Gasteiger partial charge in [0.1, 0.15) is 0 Å². The minimum absolute atomic E-state index is 0.0351. The summed E-state index contributed by atoms with van der Waals surface area (Å²) >= 11 is 0. The van der Waals surface area contributed by atoms with Gasteiger partial charge in [0.2, 0.25) is 10.0 Å². The van der Waals surface area contributed by atoms with Crippen LogP contribution >= 0.6 is 0 Å². The average molecular weight is 362 g/mol. The maximum absolute atomic E-state index is 13.0. The molecule has 3 N–H and O–H groups in total. The molecule has 1 aromatic carbocycles. The van der Waals surface area contributed by atoms with Crippen molar-refractivity contribution in [3.8, 4) is 0 Å². The van der Waals surface area contributed by atoms with Crippen molar-refractivity contribution < 1.29 is 21.9 Å². The van der Waals surface area contributed by atoms with Crippen LogP contribution in [0.4, 0.5) is 0 Å². The van der Waals surface area contributed by atoms with E-state index in [1.165, 1.54) is 6.07 Å². The van der Waals surface area contributed by atoms with Gasteiger partial charge in [-0.05, 0) is 25.5 Å². The van der Waals surface area contributed by atoms with Crippen LogP contribution in [-0.2, 0) is 19.9 Å². The van der Waals surface area contributed by atoms with E-state index >= 15 is 0 Å². The van der Waals surface area contributed by atoms with Crippen LogP contribution in [0.2, 0.25) is 0 Å². The van der Waals surface area contributed by atoms with Gasteiger partial charge >= 0.3 is 0 Å². The zero-order chi connectivity index (χ0) is 17.4. The second-order valence-electron chi connectivity index (χ2n) is 5.88. The van der Waals surface area contributed by atoms with Crippen molar-refractivity contribution in [2.24, 2.45) is 5.73 Å². The van der Waals surface area contributed by atoms with Gasteiger partial charge in [-0.25, -0.2) is 16.8 Å². The minimum Gasteiger partial charge on any atom is -0.390 e. The molecule has 1 aromatic rings. The lowest BCUT2D eigenvalue weighted by molar-refractivity contribution is 0.129. The van der Waals surface area contributed by atoms with E-state index in [0.717, 1.165) is 9.87 Å². The zero-order valence-corrected chi connectivity index (χ0v) is 14.8. The molecule has 0 amide bonds. The summed E-state index contributed by atoms with van der Waals surface area (Å²) in [6.07, 6.45) is -1.24. The highest BCUT2D eigenvalue weighted by Crippen LogP contribution is 2.27. The van der Waals surface area contributed by atoms with E-state index in [4.69, 9.17) is 5.73 Å². The maximum Gasteiger partial charge on any atom is 0.243 e. The Balaban J connectivity index is 2.48. The largest absolute Gasteiger partial charge is 0.390 e. The van der Waals surface area contributed by atoms with E-state index in [1.54, 1.807) is 19.1 Å². The first-order chi connectivity index (χ1) is 10.6. The smallest absolute Gasteiger partial charge is 0.243 e. The molecule has 1 saturated heterocycles. The third kappa shape index (κ3) is 3.74. The van der Waals surface area contributed by atoms with Crippen LogP contribution in [0.15, 0.2) is 23.1 Å². The number of rotatable bonds is 5. The van der Waals surface area contributed by atoms with Gasteiger partial charge in [-0.3, -0.25) is 0 Å². The molecule has 7 nitrogen and oxygen atoms in total. The number of sulfone groups is 1.